The maximum Gasteiger partial charge on any atom is 0.270 e. The maximum absolute atomic E-state index is 12.2. The van der Waals surface area contributed by atoms with E-state index >= 15 is 0 Å². The molecule has 0 aromatic heterocycles. The lowest BCUT2D eigenvalue weighted by molar-refractivity contribution is -0.135. The Kier molecular flexibility index (Phi) is 3.56. The van der Waals surface area contributed by atoms with Crippen molar-refractivity contribution in [3.8, 4) is 0 Å². The summed E-state index contributed by atoms with van der Waals surface area (Å²) in [7, 11) is 0. The first-order chi connectivity index (χ1) is 8.59. The second kappa shape index (κ2) is 5.13. The van der Waals surface area contributed by atoms with Gasteiger partial charge in [-0.25, -0.2) is 5.43 Å². The summed E-state index contributed by atoms with van der Waals surface area (Å²) in [6, 6.07) is -0.661. The third-order valence-corrected chi connectivity index (χ3v) is 2.98. The fraction of sp³-hybridized carbons (Fsp3) is 0.600. The number of hydrazone groups is 1. The largest absolute Gasteiger partial charge is 0.368 e. The maximum atomic E-state index is 12.2. The summed E-state index contributed by atoms with van der Waals surface area (Å²) in [6.07, 6.45) is 0.526. The molecule has 0 aromatic carbocycles. The molecule has 2 rings (SSSR count). The summed E-state index contributed by atoms with van der Waals surface area (Å²) in [4.78, 5) is 35.8. The Hall–Kier alpha value is -1.96. The molecule has 8 nitrogen and oxygen atoms in total. The first-order valence-corrected chi connectivity index (χ1v) is 5.76. The predicted octanol–water partition coefficient (Wildman–Crippen LogP) is -2.46. The van der Waals surface area contributed by atoms with Crippen molar-refractivity contribution in [2.24, 2.45) is 10.8 Å². The first kappa shape index (κ1) is 12.5. The van der Waals surface area contributed by atoms with Gasteiger partial charge in [-0.2, -0.15) is 5.10 Å². The minimum absolute atomic E-state index is 0.210. The zero-order chi connectivity index (χ0) is 13.1. The standard InChI is InChI=1S/C10H15N5O3/c11-9(17)7-5-12-3-4-15(7)10(18)6-1-2-8(16)14-13-6/h7,12H,1-5H2,(H2,11,17)(H,14,16). The Morgan fingerprint density at radius 1 is 1.39 bits per heavy atom. The van der Waals surface area contributed by atoms with Gasteiger partial charge in [0, 0.05) is 32.5 Å². The number of hydrogen-bond donors (Lipinski definition) is 3. The number of rotatable bonds is 2. The van der Waals surface area contributed by atoms with Crippen LogP contribution in [0.1, 0.15) is 12.8 Å². The van der Waals surface area contributed by atoms with Gasteiger partial charge < -0.3 is 16.0 Å². The Balaban J connectivity index is 2.11. The molecule has 4 N–H and O–H groups in total. The second-order valence-electron chi connectivity index (χ2n) is 4.21. The highest BCUT2D eigenvalue weighted by Gasteiger charge is 2.33. The van der Waals surface area contributed by atoms with Crippen molar-refractivity contribution in [3.05, 3.63) is 0 Å². The van der Waals surface area contributed by atoms with Crippen LogP contribution in [-0.2, 0) is 14.4 Å². The molecule has 1 atom stereocenters. The molecule has 3 amide bonds. The third kappa shape index (κ3) is 2.48. The molecule has 0 spiro atoms. The van der Waals surface area contributed by atoms with Crippen LogP contribution in [0, 0.1) is 0 Å². The second-order valence-corrected chi connectivity index (χ2v) is 4.21. The van der Waals surface area contributed by atoms with E-state index in [-0.39, 0.29) is 23.9 Å². The van der Waals surface area contributed by atoms with E-state index in [4.69, 9.17) is 5.73 Å². The van der Waals surface area contributed by atoms with E-state index in [1.807, 2.05) is 0 Å². The van der Waals surface area contributed by atoms with Crippen molar-refractivity contribution in [2.75, 3.05) is 19.6 Å². The number of nitrogens with two attached hydrogens (primary N) is 1. The van der Waals surface area contributed by atoms with E-state index in [9.17, 15) is 14.4 Å². The smallest absolute Gasteiger partial charge is 0.270 e. The molecule has 0 aliphatic carbocycles. The average molecular weight is 253 g/mol. The van der Waals surface area contributed by atoms with Gasteiger partial charge in [0.1, 0.15) is 11.8 Å². The lowest BCUT2D eigenvalue weighted by atomic mass is 10.1. The van der Waals surface area contributed by atoms with Crippen LogP contribution in [0.4, 0.5) is 0 Å². The van der Waals surface area contributed by atoms with Crippen LogP contribution in [-0.4, -0.2) is 54.0 Å². The van der Waals surface area contributed by atoms with Crippen molar-refractivity contribution < 1.29 is 14.4 Å². The van der Waals surface area contributed by atoms with Gasteiger partial charge in [-0.05, 0) is 0 Å². The fourth-order valence-electron chi connectivity index (χ4n) is 2.00. The van der Waals surface area contributed by atoms with Crippen molar-refractivity contribution in [1.82, 2.24) is 15.6 Å². The van der Waals surface area contributed by atoms with E-state index in [0.29, 0.717) is 26.1 Å². The summed E-state index contributed by atoms with van der Waals surface area (Å²) >= 11 is 0. The van der Waals surface area contributed by atoms with Crippen LogP contribution in [0.5, 0.6) is 0 Å². The van der Waals surface area contributed by atoms with Gasteiger partial charge in [0.05, 0.1) is 0 Å². The molecular weight excluding hydrogens is 238 g/mol. The van der Waals surface area contributed by atoms with Gasteiger partial charge in [-0.3, -0.25) is 14.4 Å². The van der Waals surface area contributed by atoms with Gasteiger partial charge in [0.15, 0.2) is 0 Å². The minimum Gasteiger partial charge on any atom is -0.368 e. The molecule has 0 bridgehead atoms. The molecule has 0 radical (unpaired) electrons. The molecule has 0 saturated carbocycles. The predicted molar refractivity (Wildman–Crippen MR) is 62.4 cm³/mol. The lowest BCUT2D eigenvalue weighted by Gasteiger charge is -2.34. The van der Waals surface area contributed by atoms with Crippen molar-refractivity contribution in [2.45, 2.75) is 18.9 Å². The molecule has 1 saturated heterocycles. The Morgan fingerprint density at radius 2 is 2.17 bits per heavy atom. The van der Waals surface area contributed by atoms with Gasteiger partial charge >= 0.3 is 0 Å². The van der Waals surface area contributed by atoms with E-state index in [1.54, 1.807) is 0 Å². The van der Waals surface area contributed by atoms with E-state index < -0.39 is 11.9 Å². The molecule has 1 unspecified atom stereocenters. The number of carbonyl (C=O) groups excluding carboxylic acids is 3. The van der Waals surface area contributed by atoms with Crippen LogP contribution in [0.2, 0.25) is 0 Å². The van der Waals surface area contributed by atoms with Crippen molar-refractivity contribution >= 4 is 23.4 Å². The molecule has 18 heavy (non-hydrogen) atoms. The number of primary amides is 1. The van der Waals surface area contributed by atoms with Crippen LogP contribution in [0.3, 0.4) is 0 Å². The van der Waals surface area contributed by atoms with E-state index in [1.165, 1.54) is 4.90 Å². The van der Waals surface area contributed by atoms with E-state index in [2.05, 4.69) is 15.8 Å². The van der Waals surface area contributed by atoms with Crippen LogP contribution < -0.4 is 16.5 Å². The highest BCUT2D eigenvalue weighted by Crippen LogP contribution is 2.09. The van der Waals surface area contributed by atoms with Gasteiger partial charge in [-0.1, -0.05) is 0 Å². The quantitative estimate of drug-likeness (QED) is 0.506. The van der Waals surface area contributed by atoms with Gasteiger partial charge in [0.2, 0.25) is 11.8 Å². The molecule has 8 heteroatoms. The molecule has 0 aromatic rings. The molecule has 1 fully saturated rings. The number of hydrogen-bond acceptors (Lipinski definition) is 5. The zero-order valence-electron chi connectivity index (χ0n) is 9.81. The molecule has 2 aliphatic heterocycles. The normalized spacial score (nSPS) is 24.2. The van der Waals surface area contributed by atoms with Gasteiger partial charge in [0.25, 0.3) is 5.91 Å². The third-order valence-electron chi connectivity index (χ3n) is 2.98. The Labute approximate surface area is 104 Å². The number of carbonyl (C=O) groups is 3. The highest BCUT2D eigenvalue weighted by atomic mass is 16.2. The highest BCUT2D eigenvalue weighted by molar-refractivity contribution is 6.39. The topological polar surface area (TPSA) is 117 Å². The fourth-order valence-corrected chi connectivity index (χ4v) is 2.00. The summed E-state index contributed by atoms with van der Waals surface area (Å²) in [5, 5.41) is 6.74. The van der Waals surface area contributed by atoms with Crippen molar-refractivity contribution in [1.29, 1.82) is 0 Å². The number of piperazine rings is 1. The monoisotopic (exact) mass is 253 g/mol. The first-order valence-electron chi connectivity index (χ1n) is 5.76. The molecule has 98 valence electrons. The summed E-state index contributed by atoms with van der Waals surface area (Å²) in [5.41, 5.74) is 7.80. The van der Waals surface area contributed by atoms with Crippen LogP contribution in [0.15, 0.2) is 5.10 Å². The van der Waals surface area contributed by atoms with E-state index in [0.717, 1.165) is 0 Å². The van der Waals surface area contributed by atoms with Crippen molar-refractivity contribution in [3.63, 3.8) is 0 Å². The lowest BCUT2D eigenvalue weighted by Crippen LogP contribution is -2.60. The molecule has 2 aliphatic rings. The minimum atomic E-state index is -0.661. The summed E-state index contributed by atoms with van der Waals surface area (Å²) < 4.78 is 0. The number of nitrogens with zero attached hydrogens (tertiary/aromatic N) is 2. The van der Waals surface area contributed by atoms with Crippen LogP contribution >= 0.6 is 0 Å². The summed E-state index contributed by atoms with van der Waals surface area (Å²) in [5.74, 6) is -1.09. The Bertz CT molecular complexity index is 420. The number of amides is 3. The molecule has 2 heterocycles. The average Bonchev–Trinajstić information content (AvgIpc) is 2.39. The number of nitrogens with one attached hydrogen (secondary N) is 2. The SMILES string of the molecule is NC(=O)C1CNCCN1C(=O)C1=NNC(=O)CC1. The summed E-state index contributed by atoms with van der Waals surface area (Å²) in [6.45, 7) is 1.36. The van der Waals surface area contributed by atoms with Crippen LogP contribution in [0.25, 0.3) is 0 Å². The zero-order valence-corrected chi connectivity index (χ0v) is 9.81. The molecular formula is C10H15N5O3. The van der Waals surface area contributed by atoms with Gasteiger partial charge in [-0.15, -0.1) is 0 Å². The Morgan fingerprint density at radius 3 is 2.78 bits per heavy atom.